The Kier molecular flexibility index (Phi) is 4.14. The Morgan fingerprint density at radius 1 is 1.21 bits per heavy atom. The number of ether oxygens (including phenoxy) is 1. The lowest BCUT2D eigenvalue weighted by atomic mass is 10.1. The third-order valence-corrected chi connectivity index (χ3v) is 2.64. The molecule has 0 bridgehead atoms. The van der Waals surface area contributed by atoms with Gasteiger partial charge >= 0.3 is 0 Å². The van der Waals surface area contributed by atoms with Crippen molar-refractivity contribution in [1.29, 1.82) is 0 Å². The SMILES string of the molecule is CC(C)(C)OCCc1ccccc1Br. The second-order valence-corrected chi connectivity index (χ2v) is 5.16. The number of hydrogen-bond acceptors (Lipinski definition) is 1. The molecule has 0 amide bonds. The van der Waals surface area contributed by atoms with Crippen LogP contribution in [0.15, 0.2) is 28.7 Å². The van der Waals surface area contributed by atoms with E-state index in [1.807, 2.05) is 6.07 Å². The Morgan fingerprint density at radius 3 is 2.43 bits per heavy atom. The molecule has 0 fully saturated rings. The summed E-state index contributed by atoms with van der Waals surface area (Å²) in [6.07, 6.45) is 0.957. The molecule has 0 atom stereocenters. The number of hydrogen-bond donors (Lipinski definition) is 0. The second kappa shape index (κ2) is 4.94. The average molecular weight is 257 g/mol. The Hall–Kier alpha value is -0.340. The summed E-state index contributed by atoms with van der Waals surface area (Å²) >= 11 is 3.52. The van der Waals surface area contributed by atoms with Crippen LogP contribution in [0, 0.1) is 0 Å². The Labute approximate surface area is 94.6 Å². The molecule has 0 aliphatic rings. The second-order valence-electron chi connectivity index (χ2n) is 4.30. The van der Waals surface area contributed by atoms with E-state index in [1.165, 1.54) is 5.56 Å². The van der Waals surface area contributed by atoms with E-state index in [4.69, 9.17) is 4.74 Å². The van der Waals surface area contributed by atoms with Crippen molar-refractivity contribution in [2.45, 2.75) is 32.8 Å². The highest BCUT2D eigenvalue weighted by molar-refractivity contribution is 9.10. The smallest absolute Gasteiger partial charge is 0.0598 e. The molecule has 0 aliphatic carbocycles. The molecular weight excluding hydrogens is 240 g/mol. The monoisotopic (exact) mass is 256 g/mol. The molecule has 0 spiro atoms. The van der Waals surface area contributed by atoms with Gasteiger partial charge < -0.3 is 4.74 Å². The molecular formula is C12H17BrO. The van der Waals surface area contributed by atoms with Gasteiger partial charge in [0.1, 0.15) is 0 Å². The first kappa shape index (κ1) is 11.7. The van der Waals surface area contributed by atoms with E-state index in [0.29, 0.717) is 0 Å². The first-order chi connectivity index (χ1) is 6.49. The van der Waals surface area contributed by atoms with Crippen molar-refractivity contribution in [3.63, 3.8) is 0 Å². The molecule has 0 aliphatic heterocycles. The zero-order valence-electron chi connectivity index (χ0n) is 9.01. The number of benzene rings is 1. The van der Waals surface area contributed by atoms with Crippen LogP contribution in [0.25, 0.3) is 0 Å². The first-order valence-electron chi connectivity index (χ1n) is 4.86. The molecule has 1 rings (SSSR count). The van der Waals surface area contributed by atoms with Gasteiger partial charge in [-0.05, 0) is 38.8 Å². The normalized spacial score (nSPS) is 11.7. The van der Waals surface area contributed by atoms with Crippen molar-refractivity contribution in [1.82, 2.24) is 0 Å². The molecule has 0 saturated carbocycles. The Bertz CT molecular complexity index is 289. The molecule has 0 aromatic heterocycles. The van der Waals surface area contributed by atoms with Crippen molar-refractivity contribution < 1.29 is 4.74 Å². The van der Waals surface area contributed by atoms with E-state index < -0.39 is 0 Å². The molecule has 0 saturated heterocycles. The fraction of sp³-hybridized carbons (Fsp3) is 0.500. The van der Waals surface area contributed by atoms with Gasteiger partial charge in [-0.1, -0.05) is 34.1 Å². The van der Waals surface area contributed by atoms with E-state index in [0.717, 1.165) is 17.5 Å². The summed E-state index contributed by atoms with van der Waals surface area (Å²) < 4.78 is 6.83. The summed E-state index contributed by atoms with van der Waals surface area (Å²) in [5, 5.41) is 0. The third kappa shape index (κ3) is 4.25. The van der Waals surface area contributed by atoms with Gasteiger partial charge in [0.15, 0.2) is 0 Å². The standard InChI is InChI=1S/C12H17BrO/c1-12(2,3)14-9-8-10-6-4-5-7-11(10)13/h4-7H,8-9H2,1-3H3. The Morgan fingerprint density at radius 2 is 1.86 bits per heavy atom. The van der Waals surface area contributed by atoms with Crippen molar-refractivity contribution in [3.05, 3.63) is 34.3 Å². The molecule has 0 unspecified atom stereocenters. The van der Waals surface area contributed by atoms with Crippen LogP contribution in [0.2, 0.25) is 0 Å². The van der Waals surface area contributed by atoms with Crippen molar-refractivity contribution in [3.8, 4) is 0 Å². The maximum absolute atomic E-state index is 5.67. The Balaban J connectivity index is 2.43. The summed E-state index contributed by atoms with van der Waals surface area (Å²) in [5.41, 5.74) is 1.26. The molecule has 1 aromatic rings. The van der Waals surface area contributed by atoms with E-state index in [1.54, 1.807) is 0 Å². The van der Waals surface area contributed by atoms with Gasteiger partial charge in [0.25, 0.3) is 0 Å². The first-order valence-corrected chi connectivity index (χ1v) is 5.66. The topological polar surface area (TPSA) is 9.23 Å². The molecule has 1 aromatic carbocycles. The summed E-state index contributed by atoms with van der Waals surface area (Å²) in [6, 6.07) is 8.26. The largest absolute Gasteiger partial charge is 0.376 e. The summed E-state index contributed by atoms with van der Waals surface area (Å²) in [4.78, 5) is 0. The fourth-order valence-corrected chi connectivity index (χ4v) is 1.65. The van der Waals surface area contributed by atoms with Crippen molar-refractivity contribution >= 4 is 15.9 Å². The van der Waals surface area contributed by atoms with Gasteiger partial charge in [0, 0.05) is 4.47 Å². The van der Waals surface area contributed by atoms with Gasteiger partial charge in [-0.3, -0.25) is 0 Å². The van der Waals surface area contributed by atoms with Crippen LogP contribution >= 0.6 is 15.9 Å². The average Bonchev–Trinajstić information content (AvgIpc) is 2.06. The quantitative estimate of drug-likeness (QED) is 0.800. The predicted octanol–water partition coefficient (Wildman–Crippen LogP) is 3.81. The van der Waals surface area contributed by atoms with Crippen LogP contribution in [-0.4, -0.2) is 12.2 Å². The number of halogens is 1. The lowest BCUT2D eigenvalue weighted by Crippen LogP contribution is -2.20. The van der Waals surface area contributed by atoms with E-state index in [9.17, 15) is 0 Å². The predicted molar refractivity (Wildman–Crippen MR) is 63.6 cm³/mol. The molecule has 0 heterocycles. The third-order valence-electron chi connectivity index (χ3n) is 1.86. The molecule has 1 nitrogen and oxygen atoms in total. The molecule has 14 heavy (non-hydrogen) atoms. The highest BCUT2D eigenvalue weighted by Gasteiger charge is 2.09. The minimum Gasteiger partial charge on any atom is -0.376 e. The lowest BCUT2D eigenvalue weighted by molar-refractivity contribution is -0.00102. The summed E-state index contributed by atoms with van der Waals surface area (Å²) in [6.45, 7) is 7.00. The van der Waals surface area contributed by atoms with Crippen LogP contribution in [0.3, 0.4) is 0 Å². The maximum Gasteiger partial charge on any atom is 0.0598 e. The minimum absolute atomic E-state index is 0.0404. The van der Waals surface area contributed by atoms with Crippen LogP contribution in [0.4, 0.5) is 0 Å². The van der Waals surface area contributed by atoms with E-state index in [2.05, 4.69) is 54.9 Å². The molecule has 78 valence electrons. The van der Waals surface area contributed by atoms with E-state index in [-0.39, 0.29) is 5.60 Å². The minimum atomic E-state index is -0.0404. The van der Waals surface area contributed by atoms with Crippen molar-refractivity contribution in [2.75, 3.05) is 6.61 Å². The van der Waals surface area contributed by atoms with Gasteiger partial charge in [-0.2, -0.15) is 0 Å². The van der Waals surface area contributed by atoms with Crippen LogP contribution in [-0.2, 0) is 11.2 Å². The molecule has 0 radical (unpaired) electrons. The van der Waals surface area contributed by atoms with Gasteiger partial charge in [0.05, 0.1) is 12.2 Å². The van der Waals surface area contributed by atoms with Crippen molar-refractivity contribution in [2.24, 2.45) is 0 Å². The van der Waals surface area contributed by atoms with Gasteiger partial charge in [0.2, 0.25) is 0 Å². The van der Waals surface area contributed by atoms with Crippen LogP contribution in [0.5, 0.6) is 0 Å². The number of rotatable bonds is 3. The van der Waals surface area contributed by atoms with Gasteiger partial charge in [-0.25, -0.2) is 0 Å². The van der Waals surface area contributed by atoms with Gasteiger partial charge in [-0.15, -0.1) is 0 Å². The maximum atomic E-state index is 5.67. The highest BCUT2D eigenvalue weighted by Crippen LogP contribution is 2.17. The molecule has 2 heteroatoms. The summed E-state index contributed by atoms with van der Waals surface area (Å²) in [7, 11) is 0. The van der Waals surface area contributed by atoms with Crippen LogP contribution < -0.4 is 0 Å². The highest BCUT2D eigenvalue weighted by atomic mass is 79.9. The lowest BCUT2D eigenvalue weighted by Gasteiger charge is -2.19. The fourth-order valence-electron chi connectivity index (χ4n) is 1.17. The summed E-state index contributed by atoms with van der Waals surface area (Å²) in [5.74, 6) is 0. The zero-order chi connectivity index (χ0) is 10.6. The van der Waals surface area contributed by atoms with Crippen LogP contribution in [0.1, 0.15) is 26.3 Å². The zero-order valence-corrected chi connectivity index (χ0v) is 10.6. The molecule has 0 N–H and O–H groups in total. The van der Waals surface area contributed by atoms with E-state index >= 15 is 0 Å².